The van der Waals surface area contributed by atoms with Crippen molar-refractivity contribution in [2.75, 3.05) is 13.2 Å². The van der Waals surface area contributed by atoms with Gasteiger partial charge in [0.05, 0.1) is 9.85 Å². The molecule has 0 bridgehead atoms. The number of nitro benzene ring substituents is 2. The smallest absolute Gasteiger partial charge is 0.391 e. The lowest BCUT2D eigenvalue weighted by molar-refractivity contribution is -0.423. The summed E-state index contributed by atoms with van der Waals surface area (Å²) < 4.78 is 10.5. The first-order valence-corrected chi connectivity index (χ1v) is 5.85. The molecule has 1 aromatic carbocycles. The van der Waals surface area contributed by atoms with Gasteiger partial charge in [0.2, 0.25) is 5.75 Å². The Balaban J connectivity index is 2.29. The molecule has 8 nitrogen and oxygen atoms in total. The van der Waals surface area contributed by atoms with E-state index in [4.69, 9.17) is 9.47 Å². The van der Waals surface area contributed by atoms with Crippen LogP contribution in [0.1, 0.15) is 24.3 Å². The Morgan fingerprint density at radius 2 is 1.68 bits per heavy atom. The van der Waals surface area contributed by atoms with Crippen molar-refractivity contribution in [1.29, 1.82) is 0 Å². The number of hydrogen-bond acceptors (Lipinski definition) is 6. The molecule has 0 aromatic heterocycles. The molecule has 1 aliphatic heterocycles. The van der Waals surface area contributed by atoms with Crippen LogP contribution in [0.5, 0.6) is 11.5 Å². The lowest BCUT2D eigenvalue weighted by Gasteiger charge is -2.19. The van der Waals surface area contributed by atoms with Gasteiger partial charge in [0.1, 0.15) is 13.2 Å². The number of rotatable bonds is 3. The number of nitrogens with zero attached hydrogens (tertiary/aromatic N) is 2. The minimum atomic E-state index is -0.766. The third-order valence-corrected chi connectivity index (χ3v) is 3.19. The lowest BCUT2D eigenvalue weighted by Crippen LogP contribution is -2.17. The van der Waals surface area contributed by atoms with Gasteiger partial charge in [-0.15, -0.1) is 0 Å². The highest BCUT2D eigenvalue weighted by molar-refractivity contribution is 5.72. The molecule has 0 amide bonds. The predicted molar refractivity (Wildman–Crippen MR) is 62.7 cm³/mol. The highest BCUT2D eigenvalue weighted by Gasteiger charge is 2.42. The Bertz CT molecular complexity index is 581. The summed E-state index contributed by atoms with van der Waals surface area (Å²) >= 11 is 0. The van der Waals surface area contributed by atoms with E-state index in [1.54, 1.807) is 0 Å². The zero-order chi connectivity index (χ0) is 13.6. The van der Waals surface area contributed by atoms with Crippen molar-refractivity contribution in [3.63, 3.8) is 0 Å². The van der Waals surface area contributed by atoms with Crippen LogP contribution in [-0.4, -0.2) is 23.1 Å². The maximum Gasteiger partial charge on any atom is 0.391 e. The summed E-state index contributed by atoms with van der Waals surface area (Å²) in [5, 5.41) is 22.3. The van der Waals surface area contributed by atoms with Gasteiger partial charge in [-0.1, -0.05) is 0 Å². The SMILES string of the molecule is O=[N+]([O-])c1c(C2CC2)cc2c(c1[N+](=O)[O-])OCCO2. The first-order valence-electron chi connectivity index (χ1n) is 5.85. The van der Waals surface area contributed by atoms with Gasteiger partial charge in [-0.05, 0) is 24.8 Å². The molecule has 3 rings (SSSR count). The van der Waals surface area contributed by atoms with Crippen LogP contribution >= 0.6 is 0 Å². The molecule has 1 saturated carbocycles. The van der Waals surface area contributed by atoms with Crippen LogP contribution < -0.4 is 9.47 Å². The third kappa shape index (κ3) is 1.85. The zero-order valence-corrected chi connectivity index (χ0v) is 9.83. The number of ether oxygens (including phenoxy) is 2. The van der Waals surface area contributed by atoms with Crippen LogP contribution in [0, 0.1) is 20.2 Å². The van der Waals surface area contributed by atoms with E-state index in [2.05, 4.69) is 0 Å². The van der Waals surface area contributed by atoms with E-state index in [9.17, 15) is 20.2 Å². The number of nitro groups is 2. The fourth-order valence-corrected chi connectivity index (χ4v) is 2.24. The molecular weight excluding hydrogens is 256 g/mol. The van der Waals surface area contributed by atoms with Gasteiger partial charge in [-0.2, -0.15) is 0 Å². The molecule has 0 spiro atoms. The van der Waals surface area contributed by atoms with E-state index < -0.39 is 21.2 Å². The Labute approximate surface area is 107 Å². The lowest BCUT2D eigenvalue weighted by atomic mass is 10.0. The van der Waals surface area contributed by atoms with Gasteiger partial charge >= 0.3 is 11.4 Å². The topological polar surface area (TPSA) is 105 Å². The van der Waals surface area contributed by atoms with E-state index >= 15 is 0 Å². The maximum atomic E-state index is 11.2. The molecule has 19 heavy (non-hydrogen) atoms. The van der Waals surface area contributed by atoms with Gasteiger partial charge in [0.25, 0.3) is 0 Å². The zero-order valence-electron chi connectivity index (χ0n) is 9.83. The molecule has 0 N–H and O–H groups in total. The molecular formula is C11H10N2O6. The molecule has 1 fully saturated rings. The molecule has 8 heteroatoms. The Morgan fingerprint density at radius 3 is 2.26 bits per heavy atom. The molecule has 0 radical (unpaired) electrons. The average molecular weight is 266 g/mol. The molecule has 1 heterocycles. The second-order valence-electron chi connectivity index (χ2n) is 4.48. The number of hydrogen-bond donors (Lipinski definition) is 0. The third-order valence-electron chi connectivity index (χ3n) is 3.19. The number of fused-ring (bicyclic) bond motifs is 1. The van der Waals surface area contributed by atoms with E-state index in [-0.39, 0.29) is 30.6 Å². The van der Waals surface area contributed by atoms with Gasteiger partial charge in [-0.25, -0.2) is 0 Å². The highest BCUT2D eigenvalue weighted by atomic mass is 16.6. The Morgan fingerprint density at radius 1 is 1.05 bits per heavy atom. The summed E-state index contributed by atoms with van der Waals surface area (Å²) in [6.07, 6.45) is 1.61. The minimum Gasteiger partial charge on any atom is -0.486 e. The summed E-state index contributed by atoms with van der Waals surface area (Å²) in [7, 11) is 0. The summed E-state index contributed by atoms with van der Waals surface area (Å²) in [6.45, 7) is 0.430. The summed E-state index contributed by atoms with van der Waals surface area (Å²) in [4.78, 5) is 20.9. The molecule has 0 unspecified atom stereocenters. The first kappa shape index (κ1) is 11.7. The summed E-state index contributed by atoms with van der Waals surface area (Å²) in [5.41, 5.74) is -0.679. The van der Waals surface area contributed by atoms with Gasteiger partial charge < -0.3 is 9.47 Å². The average Bonchev–Trinajstić information content (AvgIpc) is 3.20. The molecule has 100 valence electrons. The van der Waals surface area contributed by atoms with Crippen molar-refractivity contribution in [1.82, 2.24) is 0 Å². The summed E-state index contributed by atoms with van der Waals surface area (Å²) in [6, 6.07) is 1.51. The maximum absolute atomic E-state index is 11.2. The van der Waals surface area contributed by atoms with Crippen molar-refractivity contribution < 1.29 is 19.3 Å². The minimum absolute atomic E-state index is 0.00919. The summed E-state index contributed by atoms with van der Waals surface area (Å²) in [5.74, 6) is 0.104. The molecule has 2 aliphatic rings. The van der Waals surface area contributed by atoms with E-state index in [0.717, 1.165) is 12.8 Å². The van der Waals surface area contributed by atoms with Crippen LogP contribution in [0.3, 0.4) is 0 Å². The Hall–Kier alpha value is -2.38. The van der Waals surface area contributed by atoms with Crippen molar-refractivity contribution >= 4 is 11.4 Å². The van der Waals surface area contributed by atoms with Crippen LogP contribution in [0.2, 0.25) is 0 Å². The van der Waals surface area contributed by atoms with E-state index in [1.807, 2.05) is 0 Å². The van der Waals surface area contributed by atoms with Crippen molar-refractivity contribution in [3.05, 3.63) is 31.9 Å². The molecule has 1 aliphatic carbocycles. The van der Waals surface area contributed by atoms with Crippen molar-refractivity contribution in [2.24, 2.45) is 0 Å². The largest absolute Gasteiger partial charge is 0.486 e. The predicted octanol–water partition coefficient (Wildman–Crippen LogP) is 2.15. The quantitative estimate of drug-likeness (QED) is 0.613. The van der Waals surface area contributed by atoms with E-state index in [1.165, 1.54) is 6.07 Å². The standard InChI is InChI=1S/C11H10N2O6/c14-12(15)9-7(6-1-2-6)5-8-11(10(9)13(16)17)19-4-3-18-8/h5-6H,1-4H2. The first-order chi connectivity index (χ1) is 9.09. The van der Waals surface area contributed by atoms with Gasteiger partial charge in [0, 0.05) is 5.56 Å². The fourth-order valence-electron chi connectivity index (χ4n) is 2.24. The molecule has 1 aromatic rings. The van der Waals surface area contributed by atoms with Crippen LogP contribution in [-0.2, 0) is 0 Å². The molecule has 0 saturated heterocycles. The highest BCUT2D eigenvalue weighted by Crippen LogP contribution is 2.53. The van der Waals surface area contributed by atoms with Crippen LogP contribution in [0.15, 0.2) is 6.07 Å². The Kier molecular flexibility index (Phi) is 2.51. The normalized spacial score (nSPS) is 17.1. The van der Waals surface area contributed by atoms with Crippen molar-refractivity contribution in [3.8, 4) is 11.5 Å². The number of benzene rings is 1. The van der Waals surface area contributed by atoms with Gasteiger partial charge in [-0.3, -0.25) is 20.2 Å². The van der Waals surface area contributed by atoms with Crippen LogP contribution in [0.25, 0.3) is 0 Å². The van der Waals surface area contributed by atoms with Gasteiger partial charge in [0.15, 0.2) is 5.75 Å². The second-order valence-corrected chi connectivity index (χ2v) is 4.48. The monoisotopic (exact) mass is 266 g/mol. The second kappa shape index (κ2) is 4.08. The van der Waals surface area contributed by atoms with Crippen molar-refractivity contribution in [2.45, 2.75) is 18.8 Å². The molecule has 0 atom stereocenters. The van der Waals surface area contributed by atoms with Crippen LogP contribution in [0.4, 0.5) is 11.4 Å². The fraction of sp³-hybridized carbons (Fsp3) is 0.455. The van der Waals surface area contributed by atoms with E-state index in [0.29, 0.717) is 5.56 Å².